The van der Waals surface area contributed by atoms with Crippen molar-refractivity contribution in [2.75, 3.05) is 0 Å². The summed E-state index contributed by atoms with van der Waals surface area (Å²) in [6.07, 6.45) is 5.66. The lowest BCUT2D eigenvalue weighted by Gasteiger charge is -2.25. The molecule has 0 radical (unpaired) electrons. The van der Waals surface area contributed by atoms with Crippen molar-refractivity contribution in [2.45, 2.75) is 12.3 Å². The van der Waals surface area contributed by atoms with Gasteiger partial charge in [-0.15, -0.1) is 0 Å². The van der Waals surface area contributed by atoms with Crippen molar-refractivity contribution in [3.63, 3.8) is 0 Å². The van der Waals surface area contributed by atoms with Crippen LogP contribution in [0.25, 0.3) is 128 Å². The zero-order chi connectivity index (χ0) is 42.3. The molecule has 0 fully saturated rings. The van der Waals surface area contributed by atoms with E-state index in [1.807, 2.05) is 18.2 Å². The fraction of sp³-hybridized carbons (Fsp3) is 0.0333. The minimum absolute atomic E-state index is 0.170. The van der Waals surface area contributed by atoms with E-state index in [1.54, 1.807) is 0 Å². The number of furan rings is 1. The molecule has 4 heterocycles. The summed E-state index contributed by atoms with van der Waals surface area (Å²) in [5.41, 5.74) is 17.2. The minimum atomic E-state index is 0.170. The molecule has 0 bridgehead atoms. The summed E-state index contributed by atoms with van der Waals surface area (Å²) in [6, 6.07) is 68.2. The van der Waals surface area contributed by atoms with E-state index in [0.717, 1.165) is 62.1 Å². The molecule has 2 aliphatic carbocycles. The molecule has 0 saturated carbocycles. The van der Waals surface area contributed by atoms with Crippen LogP contribution in [0.15, 0.2) is 199 Å². The Balaban J connectivity index is 1.05. The molecule has 5 nitrogen and oxygen atoms in total. The van der Waals surface area contributed by atoms with E-state index in [2.05, 4.69) is 191 Å². The Morgan fingerprint density at radius 3 is 1.98 bits per heavy atom. The van der Waals surface area contributed by atoms with Crippen LogP contribution < -0.4 is 0 Å². The third-order valence-corrected chi connectivity index (χ3v) is 14.2. The molecule has 2 aliphatic rings. The van der Waals surface area contributed by atoms with Gasteiger partial charge in [-0.2, -0.15) is 4.98 Å². The van der Waals surface area contributed by atoms with E-state index in [9.17, 15) is 0 Å². The maximum atomic E-state index is 6.53. The summed E-state index contributed by atoms with van der Waals surface area (Å²) >= 11 is 0. The Morgan fingerprint density at radius 2 is 1.15 bits per heavy atom. The van der Waals surface area contributed by atoms with Gasteiger partial charge in [-0.3, -0.25) is 4.57 Å². The second-order valence-electron chi connectivity index (χ2n) is 17.6. The molecule has 0 aliphatic heterocycles. The van der Waals surface area contributed by atoms with Crippen LogP contribution in [0.1, 0.15) is 29.2 Å². The van der Waals surface area contributed by atoms with E-state index in [1.165, 1.54) is 76.9 Å². The second-order valence-corrected chi connectivity index (χ2v) is 17.6. The zero-order valence-corrected chi connectivity index (χ0v) is 35.0. The van der Waals surface area contributed by atoms with Crippen LogP contribution in [0.2, 0.25) is 0 Å². The molecule has 13 aromatic rings. The fourth-order valence-corrected chi connectivity index (χ4v) is 11.4. The van der Waals surface area contributed by atoms with Crippen molar-refractivity contribution in [1.82, 2.24) is 19.1 Å². The lowest BCUT2D eigenvalue weighted by atomic mass is 9.77. The molecule has 65 heavy (non-hydrogen) atoms. The first-order chi connectivity index (χ1) is 32.2. The van der Waals surface area contributed by atoms with Crippen LogP contribution in [-0.4, -0.2) is 19.1 Å². The van der Waals surface area contributed by atoms with E-state index < -0.39 is 0 Å². The Hall–Kier alpha value is -8.54. The standard InChI is InChI=1S/C60H36N4O/c1-3-13-38-33-40(25-23-35(38)11-1)37-27-29-42(30-28-37)63-48-20-9-18-45-43-15-5-6-16-44(43)46-19-10-21-49-54(46)56-51(32-31-50(63)55(56)53(45)48)64(49)59-57(41-26-24-36-12-2-4-14-39(36)34-41)61-58-47-17-7-8-22-52(47)65-60(58)62-59/h1-17,19-34,45H,18H2. The lowest BCUT2D eigenvalue weighted by molar-refractivity contribution is 0.652. The summed E-state index contributed by atoms with van der Waals surface area (Å²) < 4.78 is 11.4. The predicted octanol–water partition coefficient (Wildman–Crippen LogP) is 15.6. The number of hydrogen-bond donors (Lipinski definition) is 0. The monoisotopic (exact) mass is 828 g/mol. The Kier molecular flexibility index (Phi) is 7.00. The molecule has 0 N–H and O–H groups in total. The topological polar surface area (TPSA) is 48.8 Å². The average Bonchev–Trinajstić information content (AvgIpc) is 4.02. The number of nitrogens with zero attached hydrogens (tertiary/aromatic N) is 4. The van der Waals surface area contributed by atoms with Gasteiger partial charge >= 0.3 is 0 Å². The van der Waals surface area contributed by atoms with Crippen molar-refractivity contribution in [1.29, 1.82) is 0 Å². The summed E-state index contributed by atoms with van der Waals surface area (Å²) in [6.45, 7) is 0. The number of allylic oxidation sites excluding steroid dienone is 1. The van der Waals surface area contributed by atoms with Gasteiger partial charge in [0.15, 0.2) is 5.82 Å². The van der Waals surface area contributed by atoms with E-state index in [-0.39, 0.29) is 5.92 Å². The predicted molar refractivity (Wildman–Crippen MR) is 267 cm³/mol. The number of para-hydroxylation sites is 1. The van der Waals surface area contributed by atoms with Gasteiger partial charge in [0, 0.05) is 38.7 Å². The third kappa shape index (κ3) is 4.87. The molecule has 0 saturated heterocycles. The highest BCUT2D eigenvalue weighted by Crippen LogP contribution is 2.53. The Labute approximate surface area is 372 Å². The van der Waals surface area contributed by atoms with Gasteiger partial charge < -0.3 is 8.98 Å². The summed E-state index contributed by atoms with van der Waals surface area (Å²) in [7, 11) is 0. The van der Waals surface area contributed by atoms with E-state index in [4.69, 9.17) is 14.4 Å². The number of aromatic nitrogens is 4. The average molecular weight is 829 g/mol. The Bertz CT molecular complexity index is 4220. The van der Waals surface area contributed by atoms with Gasteiger partial charge in [0.05, 0.1) is 22.2 Å². The van der Waals surface area contributed by atoms with Crippen molar-refractivity contribution in [3.05, 3.63) is 211 Å². The number of benzene rings is 9. The van der Waals surface area contributed by atoms with Crippen molar-refractivity contribution in [3.8, 4) is 45.0 Å². The number of rotatable bonds is 4. The summed E-state index contributed by atoms with van der Waals surface area (Å²) in [5, 5.41) is 9.54. The first-order valence-electron chi connectivity index (χ1n) is 22.4. The minimum Gasteiger partial charge on any atom is -0.436 e. The van der Waals surface area contributed by atoms with Crippen LogP contribution in [0.5, 0.6) is 0 Å². The largest absolute Gasteiger partial charge is 0.436 e. The molecule has 302 valence electrons. The number of hydrogen-bond acceptors (Lipinski definition) is 3. The van der Waals surface area contributed by atoms with Gasteiger partial charge in [0.2, 0.25) is 5.71 Å². The fourth-order valence-electron chi connectivity index (χ4n) is 11.4. The van der Waals surface area contributed by atoms with E-state index in [0.29, 0.717) is 5.71 Å². The van der Waals surface area contributed by atoms with Gasteiger partial charge in [-0.05, 0) is 122 Å². The van der Waals surface area contributed by atoms with Crippen molar-refractivity contribution in [2.24, 2.45) is 0 Å². The van der Waals surface area contributed by atoms with Crippen LogP contribution in [-0.2, 0) is 0 Å². The maximum absolute atomic E-state index is 6.53. The van der Waals surface area contributed by atoms with Gasteiger partial charge in [0.25, 0.3) is 0 Å². The maximum Gasteiger partial charge on any atom is 0.248 e. The molecule has 0 spiro atoms. The molecule has 0 amide bonds. The third-order valence-electron chi connectivity index (χ3n) is 14.2. The quantitative estimate of drug-likeness (QED) is 0.178. The molecule has 5 heteroatoms. The molecule has 1 unspecified atom stereocenters. The highest BCUT2D eigenvalue weighted by Gasteiger charge is 2.34. The van der Waals surface area contributed by atoms with Gasteiger partial charge in [-0.25, -0.2) is 4.98 Å². The highest BCUT2D eigenvalue weighted by atomic mass is 16.3. The second kappa shape index (κ2) is 13.0. The molecular weight excluding hydrogens is 793 g/mol. The first-order valence-corrected chi connectivity index (χ1v) is 22.4. The van der Waals surface area contributed by atoms with Crippen LogP contribution in [0, 0.1) is 0 Å². The van der Waals surface area contributed by atoms with E-state index >= 15 is 0 Å². The lowest BCUT2D eigenvalue weighted by Crippen LogP contribution is -2.09. The smallest absolute Gasteiger partial charge is 0.248 e. The van der Waals surface area contributed by atoms with Gasteiger partial charge in [0.1, 0.15) is 16.8 Å². The normalized spacial score (nSPS) is 14.2. The van der Waals surface area contributed by atoms with Crippen molar-refractivity contribution < 1.29 is 4.42 Å². The molecule has 15 rings (SSSR count). The highest BCUT2D eigenvalue weighted by molar-refractivity contribution is 6.27. The SMILES string of the molecule is C1=Cc2c3c4c5c6c(cccc6n(-c6nc7oc8ccccc8c7nc6-c6ccc7ccccc7c6)c5ccc4n2-c2ccc(-c4ccc5ccccc5c4)cc2)-c2ccccc2C3C1. The summed E-state index contributed by atoms with van der Waals surface area (Å²) in [4.78, 5) is 11.0. The van der Waals surface area contributed by atoms with Gasteiger partial charge in [-0.1, -0.05) is 140 Å². The Morgan fingerprint density at radius 1 is 0.492 bits per heavy atom. The van der Waals surface area contributed by atoms with Crippen molar-refractivity contribution >= 4 is 82.5 Å². The van der Waals surface area contributed by atoms with Crippen LogP contribution >= 0.6 is 0 Å². The van der Waals surface area contributed by atoms with Crippen LogP contribution in [0.4, 0.5) is 0 Å². The molecule has 1 atom stereocenters. The summed E-state index contributed by atoms with van der Waals surface area (Å²) in [5.74, 6) is 0.911. The molecule has 9 aromatic carbocycles. The first kappa shape index (κ1) is 35.0. The molecular formula is C60H36N4O. The zero-order valence-electron chi connectivity index (χ0n) is 35.0. The number of fused-ring (bicyclic) bond motifs is 8. The van der Waals surface area contributed by atoms with Crippen LogP contribution in [0.3, 0.4) is 0 Å². The molecule has 4 aromatic heterocycles.